The van der Waals surface area contributed by atoms with Gasteiger partial charge in [0.25, 0.3) is 0 Å². The van der Waals surface area contributed by atoms with Crippen molar-refractivity contribution in [2.75, 3.05) is 0 Å². The van der Waals surface area contributed by atoms with E-state index in [1.807, 2.05) is 36.4 Å². The summed E-state index contributed by atoms with van der Waals surface area (Å²) in [4.78, 5) is 15.4. The zero-order valence-corrected chi connectivity index (χ0v) is 30.9. The van der Waals surface area contributed by atoms with Crippen molar-refractivity contribution in [2.24, 2.45) is 0 Å². The van der Waals surface area contributed by atoms with Crippen LogP contribution < -0.4 is 0 Å². The minimum atomic E-state index is -0.185. The Kier molecular flexibility index (Phi) is 7.67. The van der Waals surface area contributed by atoms with E-state index >= 15 is 0 Å². The van der Waals surface area contributed by atoms with Crippen LogP contribution >= 0.6 is 0 Å². The van der Waals surface area contributed by atoms with Gasteiger partial charge in [0, 0.05) is 27.3 Å². The summed E-state index contributed by atoms with van der Waals surface area (Å²) in [5.41, 5.74) is 12.5. The number of fused-ring (bicyclic) bond motifs is 7. The highest BCUT2D eigenvalue weighted by molar-refractivity contribution is 6.24. The van der Waals surface area contributed by atoms with Gasteiger partial charge in [0.2, 0.25) is 5.95 Å². The zero-order valence-electron chi connectivity index (χ0n) is 30.9. The number of hydrogen-bond acceptors (Lipinski definition) is 3. The Balaban J connectivity index is 1.23. The molecule has 2 aromatic heterocycles. The average Bonchev–Trinajstić information content (AvgIpc) is 3.67. The van der Waals surface area contributed by atoms with Gasteiger partial charge < -0.3 is 0 Å². The minimum absolute atomic E-state index is 0.185. The van der Waals surface area contributed by atoms with Crippen molar-refractivity contribution in [3.05, 3.63) is 199 Å². The molecule has 0 atom stereocenters. The van der Waals surface area contributed by atoms with E-state index in [2.05, 4.69) is 159 Å². The molecule has 4 heteroatoms. The van der Waals surface area contributed by atoms with E-state index in [1.54, 1.807) is 0 Å². The highest BCUT2D eigenvalue weighted by atomic mass is 15.2. The fourth-order valence-corrected chi connectivity index (χ4v) is 8.56. The second-order valence-electron chi connectivity index (χ2n) is 14.9. The van der Waals surface area contributed by atoms with Gasteiger partial charge in [-0.3, -0.25) is 4.57 Å². The first-order valence-corrected chi connectivity index (χ1v) is 18.9. The standard InChI is InChI=1S/C51H38N4/c1-33-17-7-4-12-23-38-39-29-28-36(31-44(39)51(2,3)43(38)30-27-33)42-32-46-47(40-24-14-13-22-37(40)42)41-25-15-16-26-45(41)55(46)50-53-48(34-18-8-5-9-19-34)52-49(54-50)35-20-10-6-11-21-35/h4-22,24-32H,1,23H2,2-3H3/b12-4-,17-7-,30-27?. The van der Waals surface area contributed by atoms with Crippen LogP contribution in [0.5, 0.6) is 0 Å². The van der Waals surface area contributed by atoms with Crippen molar-refractivity contribution in [3.63, 3.8) is 0 Å². The lowest BCUT2D eigenvalue weighted by Gasteiger charge is -2.24. The Morgan fingerprint density at radius 3 is 1.95 bits per heavy atom. The molecule has 6 aromatic carbocycles. The third-order valence-corrected chi connectivity index (χ3v) is 11.2. The van der Waals surface area contributed by atoms with E-state index in [1.165, 1.54) is 49.6 Å². The first-order valence-electron chi connectivity index (χ1n) is 18.9. The molecular formula is C51H38N4. The monoisotopic (exact) mass is 706 g/mol. The largest absolute Gasteiger partial charge is 0.278 e. The summed E-state index contributed by atoms with van der Waals surface area (Å²) < 4.78 is 2.23. The third kappa shape index (κ3) is 5.41. The second-order valence-corrected chi connectivity index (χ2v) is 14.9. The number of allylic oxidation sites excluding steroid dienone is 9. The lowest BCUT2D eigenvalue weighted by atomic mass is 9.79. The Morgan fingerprint density at radius 1 is 0.564 bits per heavy atom. The maximum absolute atomic E-state index is 5.21. The fraction of sp³-hybridized carbons (Fsp3) is 0.0784. The number of para-hydroxylation sites is 1. The molecule has 8 aromatic rings. The molecule has 2 heterocycles. The van der Waals surface area contributed by atoms with E-state index in [-0.39, 0.29) is 5.41 Å². The Hall–Kier alpha value is -6.91. The molecule has 0 saturated carbocycles. The molecule has 2 aliphatic rings. The molecule has 10 rings (SSSR count). The van der Waals surface area contributed by atoms with Crippen LogP contribution in [0.25, 0.3) is 78.0 Å². The molecular weight excluding hydrogens is 669 g/mol. The van der Waals surface area contributed by atoms with E-state index in [4.69, 9.17) is 15.0 Å². The van der Waals surface area contributed by atoms with Gasteiger partial charge in [0.15, 0.2) is 11.6 Å². The van der Waals surface area contributed by atoms with E-state index in [9.17, 15) is 0 Å². The van der Waals surface area contributed by atoms with Crippen LogP contribution in [-0.4, -0.2) is 19.5 Å². The highest BCUT2D eigenvalue weighted by Gasteiger charge is 2.36. The molecule has 0 amide bonds. The van der Waals surface area contributed by atoms with Crippen molar-refractivity contribution in [3.8, 4) is 39.9 Å². The summed E-state index contributed by atoms with van der Waals surface area (Å²) in [5, 5.41) is 4.75. The molecule has 0 N–H and O–H groups in total. The summed E-state index contributed by atoms with van der Waals surface area (Å²) >= 11 is 0. The Labute approximate surface area is 320 Å². The molecule has 0 unspecified atom stereocenters. The van der Waals surface area contributed by atoms with Crippen LogP contribution in [0.2, 0.25) is 0 Å². The first-order chi connectivity index (χ1) is 27.0. The molecule has 0 fully saturated rings. The maximum Gasteiger partial charge on any atom is 0.238 e. The van der Waals surface area contributed by atoms with Crippen LogP contribution in [0.1, 0.15) is 31.4 Å². The van der Waals surface area contributed by atoms with Crippen LogP contribution in [0.15, 0.2) is 188 Å². The average molecular weight is 707 g/mol. The van der Waals surface area contributed by atoms with Gasteiger partial charge in [-0.05, 0) is 74.4 Å². The predicted octanol–water partition coefficient (Wildman–Crippen LogP) is 12.8. The van der Waals surface area contributed by atoms with Crippen LogP contribution in [0.4, 0.5) is 0 Å². The molecule has 262 valence electrons. The van der Waals surface area contributed by atoms with Gasteiger partial charge in [-0.1, -0.05) is 172 Å². The number of rotatable bonds is 4. The number of hydrogen-bond donors (Lipinski definition) is 0. The zero-order chi connectivity index (χ0) is 37.1. The van der Waals surface area contributed by atoms with Crippen LogP contribution in [0.3, 0.4) is 0 Å². The first kappa shape index (κ1) is 32.7. The van der Waals surface area contributed by atoms with Gasteiger partial charge in [0.05, 0.1) is 11.0 Å². The summed E-state index contributed by atoms with van der Waals surface area (Å²) in [7, 11) is 0. The van der Waals surface area contributed by atoms with Crippen molar-refractivity contribution in [2.45, 2.75) is 25.7 Å². The molecule has 0 aliphatic heterocycles. The van der Waals surface area contributed by atoms with Gasteiger partial charge in [0.1, 0.15) is 0 Å². The van der Waals surface area contributed by atoms with Crippen LogP contribution in [0, 0.1) is 0 Å². The smallest absolute Gasteiger partial charge is 0.238 e. The van der Waals surface area contributed by atoms with Crippen molar-refractivity contribution in [1.82, 2.24) is 19.5 Å². The lowest BCUT2D eigenvalue weighted by molar-refractivity contribution is 0.654. The van der Waals surface area contributed by atoms with Gasteiger partial charge in [-0.2, -0.15) is 9.97 Å². The maximum atomic E-state index is 5.21. The van der Waals surface area contributed by atoms with Gasteiger partial charge >= 0.3 is 0 Å². The summed E-state index contributed by atoms with van der Waals surface area (Å²) in [5.74, 6) is 1.85. The highest BCUT2D eigenvalue weighted by Crippen LogP contribution is 2.50. The quantitative estimate of drug-likeness (QED) is 0.183. The Bertz CT molecular complexity index is 2920. The molecule has 0 bridgehead atoms. The Morgan fingerprint density at radius 2 is 1.22 bits per heavy atom. The van der Waals surface area contributed by atoms with E-state index in [0.717, 1.165) is 39.5 Å². The molecule has 2 aliphatic carbocycles. The van der Waals surface area contributed by atoms with Crippen molar-refractivity contribution < 1.29 is 0 Å². The number of nitrogens with zero attached hydrogens (tertiary/aromatic N) is 4. The topological polar surface area (TPSA) is 43.6 Å². The van der Waals surface area contributed by atoms with E-state index in [0.29, 0.717) is 17.6 Å². The SMILES string of the molecule is C=C1C=CC2=C(C/C=C\C=C/1)c1ccc(-c3cc4c(c5ccccc35)c3ccccc3n4-c3nc(-c4ccccc4)nc(-c4ccccc4)n3)cc1C2(C)C. The lowest BCUT2D eigenvalue weighted by Crippen LogP contribution is -2.16. The molecule has 55 heavy (non-hydrogen) atoms. The summed E-state index contributed by atoms with van der Waals surface area (Å²) in [6.45, 7) is 8.95. The van der Waals surface area contributed by atoms with Gasteiger partial charge in [-0.25, -0.2) is 4.98 Å². The molecule has 0 spiro atoms. The predicted molar refractivity (Wildman–Crippen MR) is 229 cm³/mol. The fourth-order valence-electron chi connectivity index (χ4n) is 8.56. The van der Waals surface area contributed by atoms with Gasteiger partial charge in [-0.15, -0.1) is 0 Å². The van der Waals surface area contributed by atoms with Crippen molar-refractivity contribution in [1.29, 1.82) is 0 Å². The minimum Gasteiger partial charge on any atom is -0.278 e. The number of benzene rings is 6. The molecule has 0 radical (unpaired) electrons. The summed E-state index contributed by atoms with van der Waals surface area (Å²) in [6, 6.07) is 47.2. The summed E-state index contributed by atoms with van der Waals surface area (Å²) in [6.07, 6.45) is 13.8. The van der Waals surface area contributed by atoms with E-state index < -0.39 is 0 Å². The normalized spacial score (nSPS) is 16.1. The second kappa shape index (κ2) is 12.9. The third-order valence-electron chi connectivity index (χ3n) is 11.2. The molecule has 0 saturated heterocycles. The van der Waals surface area contributed by atoms with Crippen molar-refractivity contribution >= 4 is 38.2 Å². The number of aromatic nitrogens is 4. The van der Waals surface area contributed by atoms with Crippen LogP contribution in [-0.2, 0) is 5.41 Å². The molecule has 4 nitrogen and oxygen atoms in total.